The lowest BCUT2D eigenvalue weighted by molar-refractivity contribution is -0.136. The van der Waals surface area contributed by atoms with Crippen LogP contribution in [0.1, 0.15) is 82.1 Å². The van der Waals surface area contributed by atoms with Gasteiger partial charge < -0.3 is 20.5 Å². The SMILES string of the molecule is C=C(/C=C\C(=C)C(C(=C/C=C\C)/C(/C=C\COC)=C/NC)C(C)c1ccc(C(=O)NCCC(=O)O)cc1)CC.CCCC. The zero-order valence-corrected chi connectivity index (χ0v) is 27.4. The molecule has 0 saturated heterocycles. The van der Waals surface area contributed by atoms with Gasteiger partial charge in [-0.05, 0) is 53.7 Å². The molecule has 0 heterocycles. The van der Waals surface area contributed by atoms with Crippen molar-refractivity contribution in [3.63, 3.8) is 0 Å². The fraction of sp³-hybridized carbons (Fsp3) is 0.405. The first-order valence-electron chi connectivity index (χ1n) is 15.1. The average molecular weight is 591 g/mol. The lowest BCUT2D eigenvalue weighted by Gasteiger charge is -2.29. The maximum absolute atomic E-state index is 12.5. The second-order valence-electron chi connectivity index (χ2n) is 10.1. The summed E-state index contributed by atoms with van der Waals surface area (Å²) in [7, 11) is 3.53. The minimum atomic E-state index is -0.951. The number of carboxylic acids is 1. The predicted molar refractivity (Wildman–Crippen MR) is 182 cm³/mol. The maximum Gasteiger partial charge on any atom is 0.305 e. The Hall–Kier alpha value is -3.90. The number of hydrogen-bond acceptors (Lipinski definition) is 4. The third kappa shape index (κ3) is 15.8. The number of benzene rings is 1. The summed E-state index contributed by atoms with van der Waals surface area (Å²) in [5.74, 6) is -1.33. The fourth-order valence-corrected chi connectivity index (χ4v) is 3.99. The summed E-state index contributed by atoms with van der Waals surface area (Å²) in [6.07, 6.45) is 19.5. The number of aliphatic carboxylic acids is 1. The summed E-state index contributed by atoms with van der Waals surface area (Å²) in [4.78, 5) is 23.2. The zero-order valence-electron chi connectivity index (χ0n) is 27.4. The molecule has 1 aromatic carbocycles. The van der Waals surface area contributed by atoms with E-state index in [1.54, 1.807) is 19.2 Å². The van der Waals surface area contributed by atoms with E-state index >= 15 is 0 Å². The van der Waals surface area contributed by atoms with Crippen LogP contribution in [-0.4, -0.2) is 44.3 Å². The minimum absolute atomic E-state index is 0.00810. The molecule has 1 amide bonds. The van der Waals surface area contributed by atoms with Crippen molar-refractivity contribution in [3.05, 3.63) is 120 Å². The lowest BCUT2D eigenvalue weighted by Crippen LogP contribution is -2.26. The van der Waals surface area contributed by atoms with E-state index in [0.29, 0.717) is 12.2 Å². The molecular weight excluding hydrogens is 536 g/mol. The summed E-state index contributed by atoms with van der Waals surface area (Å²) >= 11 is 0. The molecule has 2 unspecified atom stereocenters. The molecule has 0 spiro atoms. The largest absolute Gasteiger partial charge is 0.481 e. The Morgan fingerprint density at radius 3 is 2.21 bits per heavy atom. The standard InChI is InChI=1S/C33H44N2O4.C4H10/c1-8-10-13-30(29(23-34-6)12-11-22-39-7)32(25(4)15-14-24(3)9-2)26(5)27-16-18-28(19-17-27)33(38)35-21-20-31(36)37;1-3-4-2/h8,10-19,23,26,32,34H,3-4,9,20-22H2,1-2,5-7H3,(H,35,38)(H,36,37);3-4H2,1-2H3/b10-8-,12-11-,15-14-,29-23+,30-13+;. The number of allylic oxidation sites excluding steroid dienone is 10. The molecule has 0 aliphatic rings. The molecule has 6 heteroatoms. The van der Waals surface area contributed by atoms with Crippen LogP contribution in [0.25, 0.3) is 0 Å². The Balaban J connectivity index is 0.00000413. The predicted octanol–water partition coefficient (Wildman–Crippen LogP) is 8.30. The smallest absolute Gasteiger partial charge is 0.305 e. The van der Waals surface area contributed by atoms with Gasteiger partial charge in [-0.1, -0.05) is 114 Å². The van der Waals surface area contributed by atoms with Gasteiger partial charge in [-0.3, -0.25) is 9.59 Å². The minimum Gasteiger partial charge on any atom is -0.481 e. The van der Waals surface area contributed by atoms with E-state index in [2.05, 4.69) is 57.6 Å². The fourth-order valence-electron chi connectivity index (χ4n) is 3.99. The van der Waals surface area contributed by atoms with Crippen LogP contribution in [0.15, 0.2) is 108 Å². The number of ether oxygens (including phenoxy) is 1. The van der Waals surface area contributed by atoms with Crippen molar-refractivity contribution in [2.75, 3.05) is 27.3 Å². The Kier molecular flexibility index (Phi) is 21.5. The van der Waals surface area contributed by atoms with E-state index in [1.165, 1.54) is 12.8 Å². The van der Waals surface area contributed by atoms with Gasteiger partial charge in [0.2, 0.25) is 0 Å². The van der Waals surface area contributed by atoms with Gasteiger partial charge in [0.05, 0.1) is 13.0 Å². The van der Waals surface area contributed by atoms with Crippen LogP contribution in [0.5, 0.6) is 0 Å². The second kappa shape index (κ2) is 23.6. The van der Waals surface area contributed by atoms with Gasteiger partial charge in [0.1, 0.15) is 0 Å². The summed E-state index contributed by atoms with van der Waals surface area (Å²) in [6, 6.07) is 7.44. The molecule has 1 rings (SSSR count). The number of unbranched alkanes of at least 4 members (excludes halogenated alkanes) is 1. The highest BCUT2D eigenvalue weighted by molar-refractivity contribution is 5.94. The lowest BCUT2D eigenvalue weighted by atomic mass is 9.75. The van der Waals surface area contributed by atoms with E-state index in [4.69, 9.17) is 9.84 Å². The number of amides is 1. The van der Waals surface area contributed by atoms with Crippen LogP contribution in [0, 0.1) is 5.92 Å². The Morgan fingerprint density at radius 2 is 1.70 bits per heavy atom. The van der Waals surface area contributed by atoms with E-state index in [0.717, 1.165) is 34.3 Å². The molecule has 0 bridgehead atoms. The number of rotatable bonds is 18. The molecule has 2 atom stereocenters. The number of nitrogens with one attached hydrogen (secondary N) is 2. The van der Waals surface area contributed by atoms with E-state index in [9.17, 15) is 9.59 Å². The summed E-state index contributed by atoms with van der Waals surface area (Å²) in [6.45, 7) is 19.7. The molecule has 0 aliphatic carbocycles. The average Bonchev–Trinajstić information content (AvgIpc) is 3.01. The van der Waals surface area contributed by atoms with Crippen molar-refractivity contribution in [2.24, 2.45) is 5.92 Å². The maximum atomic E-state index is 12.5. The molecule has 43 heavy (non-hydrogen) atoms. The molecule has 0 saturated carbocycles. The van der Waals surface area contributed by atoms with Gasteiger partial charge in [0.25, 0.3) is 5.91 Å². The number of carboxylic acid groups (broad SMARTS) is 1. The highest BCUT2D eigenvalue weighted by Crippen LogP contribution is 2.39. The van der Waals surface area contributed by atoms with Crippen molar-refractivity contribution in [1.82, 2.24) is 10.6 Å². The number of carbonyl (C=O) groups excluding carboxylic acids is 1. The molecule has 0 radical (unpaired) electrons. The molecule has 6 nitrogen and oxygen atoms in total. The topological polar surface area (TPSA) is 87.7 Å². The molecule has 0 aliphatic heterocycles. The van der Waals surface area contributed by atoms with Crippen LogP contribution in [0.2, 0.25) is 0 Å². The Labute approximate surface area is 260 Å². The third-order valence-corrected chi connectivity index (χ3v) is 6.71. The van der Waals surface area contributed by atoms with Crippen LogP contribution in [-0.2, 0) is 9.53 Å². The van der Waals surface area contributed by atoms with Gasteiger partial charge in [-0.15, -0.1) is 0 Å². The number of methoxy groups -OCH3 is 1. The molecule has 3 N–H and O–H groups in total. The monoisotopic (exact) mass is 590 g/mol. The normalized spacial score (nSPS) is 13.5. The van der Waals surface area contributed by atoms with E-state index in [1.807, 2.05) is 68.8 Å². The van der Waals surface area contributed by atoms with Crippen molar-refractivity contribution >= 4 is 11.9 Å². The summed E-state index contributed by atoms with van der Waals surface area (Å²) in [5, 5.41) is 14.6. The molecular formula is C37H54N2O4. The van der Waals surface area contributed by atoms with Gasteiger partial charge in [-0.2, -0.15) is 0 Å². The summed E-state index contributed by atoms with van der Waals surface area (Å²) < 4.78 is 5.23. The van der Waals surface area contributed by atoms with Crippen molar-refractivity contribution < 1.29 is 19.4 Å². The van der Waals surface area contributed by atoms with Crippen LogP contribution in [0.3, 0.4) is 0 Å². The first-order chi connectivity index (χ1) is 20.6. The first-order valence-corrected chi connectivity index (χ1v) is 15.1. The van der Waals surface area contributed by atoms with Crippen LogP contribution >= 0.6 is 0 Å². The van der Waals surface area contributed by atoms with Crippen molar-refractivity contribution in [1.29, 1.82) is 0 Å². The molecule has 1 aromatic rings. The van der Waals surface area contributed by atoms with Crippen LogP contribution in [0.4, 0.5) is 0 Å². The quantitative estimate of drug-likeness (QED) is 0.150. The number of carbonyl (C=O) groups is 2. The summed E-state index contributed by atoms with van der Waals surface area (Å²) in [5.41, 5.74) is 5.56. The molecule has 0 aromatic heterocycles. The highest BCUT2D eigenvalue weighted by atomic mass is 16.5. The Morgan fingerprint density at radius 1 is 1.05 bits per heavy atom. The van der Waals surface area contributed by atoms with Gasteiger partial charge in [0, 0.05) is 38.4 Å². The zero-order chi connectivity index (χ0) is 32.6. The van der Waals surface area contributed by atoms with E-state index < -0.39 is 5.97 Å². The molecule has 0 fully saturated rings. The third-order valence-electron chi connectivity index (χ3n) is 6.71. The first kappa shape index (κ1) is 39.1. The van der Waals surface area contributed by atoms with Gasteiger partial charge >= 0.3 is 5.97 Å². The van der Waals surface area contributed by atoms with E-state index in [-0.39, 0.29) is 30.7 Å². The second-order valence-corrected chi connectivity index (χ2v) is 10.1. The van der Waals surface area contributed by atoms with Crippen molar-refractivity contribution in [2.45, 2.75) is 66.2 Å². The Bertz CT molecular complexity index is 1150. The van der Waals surface area contributed by atoms with Gasteiger partial charge in [0.15, 0.2) is 0 Å². The van der Waals surface area contributed by atoms with Crippen LogP contribution < -0.4 is 10.6 Å². The number of hydrogen-bond donors (Lipinski definition) is 3. The molecule has 236 valence electrons. The van der Waals surface area contributed by atoms with Crippen molar-refractivity contribution in [3.8, 4) is 0 Å². The van der Waals surface area contributed by atoms with Gasteiger partial charge in [-0.25, -0.2) is 0 Å². The highest BCUT2D eigenvalue weighted by Gasteiger charge is 2.26.